The van der Waals surface area contributed by atoms with Crippen LogP contribution in [-0.4, -0.2) is 270 Å². The lowest BCUT2D eigenvalue weighted by Gasteiger charge is -2.31. The molecule has 3 unspecified atom stereocenters. The van der Waals surface area contributed by atoms with Crippen molar-refractivity contribution in [3.8, 4) is 0 Å². The summed E-state index contributed by atoms with van der Waals surface area (Å²) < 4.78 is 62.6. The van der Waals surface area contributed by atoms with E-state index in [4.69, 9.17) is 56.8 Å². The Balaban J connectivity index is -0.000000510. The zero-order valence-corrected chi connectivity index (χ0v) is 56.5. The summed E-state index contributed by atoms with van der Waals surface area (Å²) in [4.78, 5) is 94.6. The number of ketones is 1. The highest BCUT2D eigenvalue weighted by atomic mass is 16.6. The number of carbonyl (C=O) groups excluding carboxylic acids is 8. The van der Waals surface area contributed by atoms with Gasteiger partial charge in [0.05, 0.1) is 107 Å². The van der Waals surface area contributed by atoms with Crippen LogP contribution in [0.15, 0.2) is 30.3 Å². The minimum absolute atomic E-state index is 0.0327. The Morgan fingerprint density at radius 1 is 0.412 bits per heavy atom. The molecule has 1 aromatic carbocycles. The van der Waals surface area contributed by atoms with Crippen LogP contribution in [0, 0.1) is 21.7 Å². The molecule has 24 heteroatoms. The van der Waals surface area contributed by atoms with Gasteiger partial charge in [-0.1, -0.05) is 30.3 Å². The molecule has 24 nitrogen and oxygen atoms in total. The number of rotatable bonds is 37. The minimum atomic E-state index is -0.976. The molecule has 85 heavy (non-hydrogen) atoms. The summed E-state index contributed by atoms with van der Waals surface area (Å²) in [5, 5.41) is 0. The molecule has 0 aliphatic rings. The van der Waals surface area contributed by atoms with E-state index in [0.717, 1.165) is 66.6 Å². The lowest BCUT2D eigenvalue weighted by molar-refractivity contribution is -0.890. The maximum atomic E-state index is 12.3. The average molecular weight is 1220 g/mol. The van der Waals surface area contributed by atoms with E-state index < -0.39 is 57.5 Å². The van der Waals surface area contributed by atoms with Crippen LogP contribution in [0.25, 0.3) is 0 Å². The van der Waals surface area contributed by atoms with Crippen molar-refractivity contribution in [3.05, 3.63) is 35.9 Å². The second kappa shape index (κ2) is 47.0. The van der Waals surface area contributed by atoms with Crippen LogP contribution in [0.4, 0.5) is 0 Å². The number of hydrogen-bond donors (Lipinski definition) is 0. The Morgan fingerprint density at radius 3 is 0.941 bits per heavy atom. The van der Waals surface area contributed by atoms with Gasteiger partial charge >= 0.3 is 41.8 Å². The summed E-state index contributed by atoms with van der Waals surface area (Å²) in [6, 6.07) is 9.57. The SMILES string of the molecule is CC(C)=O.CCOC(=O)C(C)(COC)COC(C)=O.COCC(C)(COC(C)=O)C(=O)OCCC[N+](C)(C)CCN(C)C.COCC(C)(COC(C)=O)C(=O)OCCC[N+](C)(C)CCN(C)C.COCC(C)(COC)C(=O)OCc1ccccc1. The zero-order valence-electron chi connectivity index (χ0n) is 56.5. The van der Waals surface area contributed by atoms with Gasteiger partial charge in [0.2, 0.25) is 0 Å². The number of carbonyl (C=O) groups is 8. The Hall–Kier alpha value is -5.18. The van der Waals surface area contributed by atoms with Crippen molar-refractivity contribution in [1.29, 1.82) is 0 Å². The van der Waals surface area contributed by atoms with E-state index >= 15 is 0 Å². The van der Waals surface area contributed by atoms with Gasteiger partial charge in [0.1, 0.15) is 53.9 Å². The van der Waals surface area contributed by atoms with Crippen molar-refractivity contribution in [2.75, 3.05) is 204 Å². The molecule has 0 amide bonds. The molecule has 0 aliphatic carbocycles. The summed E-state index contributed by atoms with van der Waals surface area (Å²) in [7, 11) is 24.5. The molecule has 1 aromatic rings. The lowest BCUT2D eigenvalue weighted by Crippen LogP contribution is -2.45. The molecule has 0 saturated carbocycles. The van der Waals surface area contributed by atoms with Crippen LogP contribution in [0.1, 0.15) is 87.6 Å². The normalized spacial score (nSPS) is 13.3. The smallest absolute Gasteiger partial charge is 0.317 e. The molecule has 1 rings (SSSR count). The van der Waals surface area contributed by atoms with Crippen LogP contribution in [0.2, 0.25) is 0 Å². The molecule has 0 saturated heterocycles. The summed E-state index contributed by atoms with van der Waals surface area (Å²) >= 11 is 0. The molecular formula is C61H114N4O20+2. The summed E-state index contributed by atoms with van der Waals surface area (Å²) in [5.74, 6) is -2.65. The standard InChI is InChI=1S/2C17H35N2O5.C14H20O4.C10H18O5.C3H6O/c2*1-15(20)24-14-17(2,13-22-7)16(21)23-12-8-10-19(5,6)11-9-18(3)4;1-14(10-16-2,11-17-3)13(15)18-9-12-7-5-4-6-8-12;1-5-14-9(12)10(3,6-13-4)7-15-8(2)11;1-3(2)4/h2*8-14H2,1-7H3;4-8H,9-11H2,1-3H3;5-7H2,1-4H3;1-2H3/q2*+1;;;. The number of quaternary nitrogens is 2. The van der Waals surface area contributed by atoms with Crippen LogP contribution in [0.5, 0.6) is 0 Å². The van der Waals surface area contributed by atoms with E-state index in [-0.39, 0.29) is 77.8 Å². The predicted molar refractivity (Wildman–Crippen MR) is 323 cm³/mol. The van der Waals surface area contributed by atoms with E-state index in [0.29, 0.717) is 13.2 Å². The second-order valence-corrected chi connectivity index (χ2v) is 23.8. The monoisotopic (exact) mass is 1220 g/mol. The highest BCUT2D eigenvalue weighted by molar-refractivity contribution is 5.79. The number of methoxy groups -OCH3 is 5. The summed E-state index contributed by atoms with van der Waals surface area (Å²) in [5.41, 5.74) is -2.69. The van der Waals surface area contributed by atoms with Crippen molar-refractivity contribution in [2.24, 2.45) is 21.7 Å². The second-order valence-electron chi connectivity index (χ2n) is 23.8. The molecule has 0 heterocycles. The maximum Gasteiger partial charge on any atom is 0.317 e. The fourth-order valence-electron chi connectivity index (χ4n) is 7.04. The van der Waals surface area contributed by atoms with Gasteiger partial charge in [-0.15, -0.1) is 0 Å². The number of nitrogens with zero attached hydrogens (tertiary/aromatic N) is 4. The number of hydrogen-bond acceptors (Lipinski definition) is 22. The van der Waals surface area contributed by atoms with E-state index in [9.17, 15) is 38.4 Å². The molecule has 0 spiro atoms. The van der Waals surface area contributed by atoms with Crippen LogP contribution >= 0.6 is 0 Å². The average Bonchev–Trinajstić information content (AvgIpc) is 3.50. The minimum Gasteiger partial charge on any atom is -0.465 e. The van der Waals surface area contributed by atoms with Crippen LogP contribution in [-0.2, 0) is 102 Å². The number of ether oxygens (including phenoxy) is 12. The molecule has 0 bridgehead atoms. The Kier molecular flexibility index (Phi) is 47.7. The molecule has 0 aliphatic heterocycles. The van der Waals surface area contributed by atoms with Gasteiger partial charge in [0, 0.05) is 82.3 Å². The van der Waals surface area contributed by atoms with Crippen molar-refractivity contribution in [3.63, 3.8) is 0 Å². The number of likely N-dealkylation sites (N-methyl/N-ethyl adjacent to an activating group) is 4. The molecule has 0 aromatic heterocycles. The third-order valence-electron chi connectivity index (χ3n) is 12.1. The largest absolute Gasteiger partial charge is 0.465 e. The fraction of sp³-hybridized carbons (Fsp3) is 0.770. The Labute approximate surface area is 510 Å². The Bertz CT molecular complexity index is 1940. The van der Waals surface area contributed by atoms with E-state index in [1.165, 1.54) is 55.9 Å². The van der Waals surface area contributed by atoms with E-state index in [2.05, 4.69) is 66.2 Å². The number of benzene rings is 1. The highest BCUT2D eigenvalue weighted by Gasteiger charge is 2.39. The quantitative estimate of drug-likeness (QED) is 0.0370. The molecule has 0 N–H and O–H groups in total. The molecule has 0 fully saturated rings. The first-order chi connectivity index (χ1) is 39.4. The van der Waals surface area contributed by atoms with Gasteiger partial charge in [-0.25, -0.2) is 0 Å². The Morgan fingerprint density at radius 2 is 0.682 bits per heavy atom. The van der Waals surface area contributed by atoms with Gasteiger partial charge in [-0.3, -0.25) is 33.6 Å². The van der Waals surface area contributed by atoms with Crippen LogP contribution in [0.3, 0.4) is 0 Å². The first-order valence-electron chi connectivity index (χ1n) is 28.3. The van der Waals surface area contributed by atoms with Crippen molar-refractivity contribution >= 4 is 47.6 Å². The first kappa shape index (κ1) is 86.3. The molecule has 3 atom stereocenters. The fourth-order valence-corrected chi connectivity index (χ4v) is 7.04. The molecule has 496 valence electrons. The topological polar surface area (TPSA) is 254 Å². The summed E-state index contributed by atoms with van der Waals surface area (Å²) in [6.07, 6.45) is 1.56. The van der Waals surface area contributed by atoms with Crippen molar-refractivity contribution in [1.82, 2.24) is 9.80 Å². The predicted octanol–water partition coefficient (Wildman–Crippen LogP) is 4.94. The molecule has 0 radical (unpaired) electrons. The first-order valence-corrected chi connectivity index (χ1v) is 28.3. The maximum absolute atomic E-state index is 12.3. The van der Waals surface area contributed by atoms with Gasteiger partial charge < -0.3 is 80.4 Å². The van der Waals surface area contributed by atoms with Gasteiger partial charge in [-0.05, 0) is 82.2 Å². The summed E-state index contributed by atoms with van der Waals surface area (Å²) in [6.45, 7) is 23.5. The third kappa shape index (κ3) is 45.8. The highest BCUT2D eigenvalue weighted by Crippen LogP contribution is 2.23. The lowest BCUT2D eigenvalue weighted by atomic mass is 9.93. The third-order valence-corrected chi connectivity index (χ3v) is 12.1. The van der Waals surface area contributed by atoms with Gasteiger partial charge in [0.25, 0.3) is 0 Å². The number of esters is 7. The zero-order chi connectivity index (χ0) is 66.5. The number of Topliss-reactive ketones (excluding diaryl/α,β-unsaturated/α-hetero) is 1. The van der Waals surface area contributed by atoms with Crippen LogP contribution < -0.4 is 0 Å². The van der Waals surface area contributed by atoms with Crippen molar-refractivity contribution < 1.29 is 104 Å². The molecular weight excluding hydrogens is 1110 g/mol. The van der Waals surface area contributed by atoms with Gasteiger partial charge in [0.15, 0.2) is 0 Å². The van der Waals surface area contributed by atoms with Crippen molar-refractivity contribution in [2.45, 2.75) is 88.7 Å². The van der Waals surface area contributed by atoms with E-state index in [1.54, 1.807) is 48.8 Å². The van der Waals surface area contributed by atoms with E-state index in [1.807, 2.05) is 30.3 Å². The van der Waals surface area contributed by atoms with Gasteiger partial charge in [-0.2, -0.15) is 0 Å².